The Labute approximate surface area is 191 Å². The Kier molecular flexibility index (Phi) is 6.17. The zero-order chi connectivity index (χ0) is 23.7. The lowest BCUT2D eigenvalue weighted by molar-refractivity contribution is -0.123. The number of rotatable bonds is 4. The smallest absolute Gasteiger partial charge is 0.258 e. The number of H-pyrrole nitrogens is 1. The van der Waals surface area contributed by atoms with Gasteiger partial charge in [-0.2, -0.15) is 4.98 Å². The fourth-order valence-corrected chi connectivity index (χ4v) is 4.61. The van der Waals surface area contributed by atoms with Crippen molar-refractivity contribution in [1.29, 1.82) is 0 Å². The number of piperidine rings is 1. The summed E-state index contributed by atoms with van der Waals surface area (Å²) in [5.41, 5.74) is 0.806. The molecule has 0 unspecified atom stereocenters. The van der Waals surface area contributed by atoms with Crippen LogP contribution in [0.4, 0.5) is 23.1 Å². The predicted octanol–water partition coefficient (Wildman–Crippen LogP) is 2.56. The molecule has 4 N–H and O–H groups in total. The zero-order valence-electron chi connectivity index (χ0n) is 18.9. The van der Waals surface area contributed by atoms with Crippen LogP contribution < -0.4 is 26.4 Å². The van der Waals surface area contributed by atoms with Crippen molar-refractivity contribution < 1.29 is 14.4 Å². The summed E-state index contributed by atoms with van der Waals surface area (Å²) in [7, 11) is 0. The number of amides is 3. The van der Waals surface area contributed by atoms with E-state index in [-0.39, 0.29) is 41.7 Å². The molecule has 174 valence electrons. The fraction of sp³-hybridized carbons (Fsp3) is 0.435. The highest BCUT2D eigenvalue weighted by Crippen LogP contribution is 2.32. The van der Waals surface area contributed by atoms with Crippen molar-refractivity contribution in [3.8, 4) is 0 Å². The van der Waals surface area contributed by atoms with Crippen LogP contribution in [0.3, 0.4) is 0 Å². The van der Waals surface area contributed by atoms with Gasteiger partial charge >= 0.3 is 0 Å². The summed E-state index contributed by atoms with van der Waals surface area (Å²) < 4.78 is 0. The highest BCUT2D eigenvalue weighted by atomic mass is 16.2. The molecule has 1 aromatic carbocycles. The number of carbonyl (C=O) groups excluding carboxylic acids is 3. The standard InChI is InChI=1S/C23H28N6O4/c1-12-5-4-6-13(2)29(12)23-27-20-19(22(33)28-23)17(11-18(31)26-20)21(32)25-16-9-7-15(8-10-16)24-14(3)30/h7-10,12-13,17H,4-6,11H2,1-3H3,(H,24,30)(H,25,32)(H2,26,27,28,31,33)/t12-,13-,17-/m0/s1. The predicted molar refractivity (Wildman–Crippen MR) is 125 cm³/mol. The molecule has 0 bridgehead atoms. The van der Waals surface area contributed by atoms with E-state index >= 15 is 0 Å². The van der Waals surface area contributed by atoms with Gasteiger partial charge in [-0.15, -0.1) is 0 Å². The van der Waals surface area contributed by atoms with Crippen LogP contribution in [-0.2, 0) is 14.4 Å². The van der Waals surface area contributed by atoms with Gasteiger partial charge in [-0.25, -0.2) is 0 Å². The van der Waals surface area contributed by atoms with Crippen LogP contribution in [-0.4, -0.2) is 39.8 Å². The molecule has 33 heavy (non-hydrogen) atoms. The van der Waals surface area contributed by atoms with Crippen molar-refractivity contribution >= 4 is 40.9 Å². The Balaban J connectivity index is 1.60. The Morgan fingerprint density at radius 3 is 2.24 bits per heavy atom. The van der Waals surface area contributed by atoms with Crippen LogP contribution in [0.2, 0.25) is 0 Å². The first-order valence-corrected chi connectivity index (χ1v) is 11.1. The third kappa shape index (κ3) is 4.74. The molecule has 0 saturated carbocycles. The minimum absolute atomic E-state index is 0.135. The molecular formula is C23H28N6O4. The second-order valence-electron chi connectivity index (χ2n) is 8.74. The summed E-state index contributed by atoms with van der Waals surface area (Å²) in [5.74, 6) is -1.46. The van der Waals surface area contributed by atoms with E-state index in [9.17, 15) is 19.2 Å². The molecule has 4 rings (SSSR count). The van der Waals surface area contributed by atoms with Crippen LogP contribution in [0.25, 0.3) is 0 Å². The Morgan fingerprint density at radius 2 is 1.64 bits per heavy atom. The number of aromatic amines is 1. The van der Waals surface area contributed by atoms with Gasteiger partial charge in [0.2, 0.25) is 23.7 Å². The fourth-order valence-electron chi connectivity index (χ4n) is 4.61. The van der Waals surface area contributed by atoms with Crippen molar-refractivity contribution in [2.24, 2.45) is 0 Å². The lowest BCUT2D eigenvalue weighted by Crippen LogP contribution is -2.46. The summed E-state index contributed by atoms with van der Waals surface area (Å²) in [6.07, 6.45) is 2.94. The molecule has 3 atom stereocenters. The van der Waals surface area contributed by atoms with Gasteiger partial charge in [0.25, 0.3) is 5.56 Å². The quantitative estimate of drug-likeness (QED) is 0.563. The summed E-state index contributed by atoms with van der Waals surface area (Å²) in [6.45, 7) is 5.58. The van der Waals surface area contributed by atoms with E-state index in [2.05, 4.69) is 44.7 Å². The molecule has 1 aromatic heterocycles. The first-order valence-electron chi connectivity index (χ1n) is 11.1. The monoisotopic (exact) mass is 452 g/mol. The first kappa shape index (κ1) is 22.5. The van der Waals surface area contributed by atoms with Gasteiger partial charge < -0.3 is 20.9 Å². The molecule has 1 saturated heterocycles. The van der Waals surface area contributed by atoms with Crippen LogP contribution in [0, 0.1) is 0 Å². The van der Waals surface area contributed by atoms with Crippen LogP contribution in [0.15, 0.2) is 29.1 Å². The van der Waals surface area contributed by atoms with Crippen LogP contribution >= 0.6 is 0 Å². The summed E-state index contributed by atoms with van der Waals surface area (Å²) in [6, 6.07) is 6.98. The van der Waals surface area contributed by atoms with Crippen molar-refractivity contribution in [2.75, 3.05) is 20.9 Å². The van der Waals surface area contributed by atoms with Gasteiger partial charge in [0.05, 0.1) is 11.5 Å². The van der Waals surface area contributed by atoms with Crippen molar-refractivity contribution in [1.82, 2.24) is 9.97 Å². The zero-order valence-corrected chi connectivity index (χ0v) is 18.9. The first-order chi connectivity index (χ1) is 15.7. The SMILES string of the molecule is CC(=O)Nc1ccc(NC(=O)[C@H]2CC(=O)Nc3nc(N4[C@@H](C)CCC[C@@H]4C)[nH]c(=O)c32)cc1. The van der Waals surface area contributed by atoms with Gasteiger partial charge in [0.15, 0.2) is 0 Å². The lowest BCUT2D eigenvalue weighted by atomic mass is 9.92. The van der Waals surface area contributed by atoms with E-state index in [0.29, 0.717) is 17.3 Å². The molecule has 0 aliphatic carbocycles. The van der Waals surface area contributed by atoms with Crippen LogP contribution in [0.1, 0.15) is 57.9 Å². The third-order valence-corrected chi connectivity index (χ3v) is 6.17. The topological polar surface area (TPSA) is 136 Å². The maximum Gasteiger partial charge on any atom is 0.258 e. The van der Waals surface area contributed by atoms with E-state index in [0.717, 1.165) is 19.3 Å². The minimum Gasteiger partial charge on any atom is -0.337 e. The molecule has 1 fully saturated rings. The van der Waals surface area contributed by atoms with Crippen molar-refractivity contribution in [2.45, 2.75) is 64.5 Å². The summed E-state index contributed by atoms with van der Waals surface area (Å²) >= 11 is 0. The molecule has 3 amide bonds. The van der Waals surface area contributed by atoms with Crippen LogP contribution in [0.5, 0.6) is 0 Å². The third-order valence-electron chi connectivity index (χ3n) is 6.17. The van der Waals surface area contributed by atoms with E-state index in [1.54, 1.807) is 24.3 Å². The number of anilines is 4. The number of nitrogens with one attached hydrogen (secondary N) is 4. The van der Waals surface area contributed by atoms with Crippen molar-refractivity contribution in [3.63, 3.8) is 0 Å². The van der Waals surface area contributed by atoms with Crippen molar-refractivity contribution in [3.05, 3.63) is 40.2 Å². The molecule has 10 nitrogen and oxygen atoms in total. The second kappa shape index (κ2) is 9.05. The van der Waals surface area contributed by atoms with Gasteiger partial charge in [-0.3, -0.25) is 24.2 Å². The second-order valence-corrected chi connectivity index (χ2v) is 8.74. The Bertz CT molecular complexity index is 1130. The average molecular weight is 453 g/mol. The molecule has 0 spiro atoms. The molecular weight excluding hydrogens is 424 g/mol. The number of hydrogen-bond acceptors (Lipinski definition) is 6. The van der Waals surface area contributed by atoms with E-state index in [4.69, 9.17) is 0 Å². The highest BCUT2D eigenvalue weighted by Gasteiger charge is 2.36. The number of hydrogen-bond donors (Lipinski definition) is 4. The van der Waals surface area contributed by atoms with Gasteiger partial charge in [0.1, 0.15) is 5.82 Å². The number of benzene rings is 1. The number of aromatic nitrogens is 2. The molecule has 2 aromatic rings. The van der Waals surface area contributed by atoms with Gasteiger partial charge in [0, 0.05) is 36.8 Å². The van der Waals surface area contributed by atoms with E-state index < -0.39 is 17.4 Å². The van der Waals surface area contributed by atoms with Gasteiger partial charge in [-0.05, 0) is 57.4 Å². The summed E-state index contributed by atoms with van der Waals surface area (Å²) in [5, 5.41) is 8.07. The molecule has 2 aliphatic heterocycles. The number of fused-ring (bicyclic) bond motifs is 1. The Hall–Kier alpha value is -3.69. The molecule has 10 heteroatoms. The maximum atomic E-state index is 13.1. The number of nitrogens with zero attached hydrogens (tertiary/aromatic N) is 2. The minimum atomic E-state index is -0.967. The lowest BCUT2D eigenvalue weighted by Gasteiger charge is -2.39. The normalized spacial score (nSPS) is 22.2. The largest absolute Gasteiger partial charge is 0.337 e. The molecule has 3 heterocycles. The Morgan fingerprint density at radius 1 is 1.03 bits per heavy atom. The average Bonchev–Trinajstić information content (AvgIpc) is 2.73. The van der Waals surface area contributed by atoms with E-state index in [1.807, 2.05) is 0 Å². The maximum absolute atomic E-state index is 13.1. The van der Waals surface area contributed by atoms with E-state index in [1.165, 1.54) is 6.92 Å². The highest BCUT2D eigenvalue weighted by molar-refractivity contribution is 6.04. The molecule has 2 aliphatic rings. The van der Waals surface area contributed by atoms with Gasteiger partial charge in [-0.1, -0.05) is 0 Å². The summed E-state index contributed by atoms with van der Waals surface area (Å²) in [4.78, 5) is 59.1. The number of carbonyl (C=O) groups is 3. The molecule has 0 radical (unpaired) electrons.